The predicted octanol–water partition coefficient (Wildman–Crippen LogP) is -0.0212. The van der Waals surface area contributed by atoms with E-state index in [1.54, 1.807) is 20.8 Å². The van der Waals surface area contributed by atoms with Gasteiger partial charge in [-0.15, -0.1) is 0 Å². The normalized spacial score (nSPS) is 13.1. The van der Waals surface area contributed by atoms with E-state index >= 15 is 0 Å². The maximum absolute atomic E-state index is 11.8. The summed E-state index contributed by atoms with van der Waals surface area (Å²) in [5.74, 6) is 0. The minimum absolute atomic E-state index is 0.0834. The van der Waals surface area contributed by atoms with Crippen LogP contribution in [0.3, 0.4) is 0 Å². The Morgan fingerprint density at radius 1 is 1.53 bits per heavy atom. The Labute approximate surface area is 88.8 Å². The first kappa shape index (κ1) is 12.2. The van der Waals surface area contributed by atoms with Gasteiger partial charge in [-0.3, -0.25) is 5.10 Å². The standard InChI is InChI=1S/C8H15N3O3S/c1-8(2,3)11-15(13,14)7-6(5-12)4-9-10-7/h4,11-12H,5H2,1-3H3,(H,9,10). The number of aromatic amines is 1. The van der Waals surface area contributed by atoms with Crippen LogP contribution in [0, 0.1) is 0 Å². The molecule has 6 nitrogen and oxygen atoms in total. The van der Waals surface area contributed by atoms with Crippen molar-refractivity contribution in [2.24, 2.45) is 0 Å². The lowest BCUT2D eigenvalue weighted by atomic mass is 10.1. The zero-order valence-electron chi connectivity index (χ0n) is 8.90. The van der Waals surface area contributed by atoms with Crippen molar-refractivity contribution in [1.29, 1.82) is 0 Å². The Balaban J connectivity index is 3.07. The van der Waals surface area contributed by atoms with Crippen LogP contribution in [-0.4, -0.2) is 29.3 Å². The molecular formula is C8H15N3O3S. The zero-order chi connectivity index (χ0) is 11.7. The van der Waals surface area contributed by atoms with Crippen molar-refractivity contribution in [3.05, 3.63) is 11.8 Å². The van der Waals surface area contributed by atoms with E-state index in [2.05, 4.69) is 14.9 Å². The molecule has 1 rings (SSSR count). The topological polar surface area (TPSA) is 95.1 Å². The quantitative estimate of drug-likeness (QED) is 0.683. The molecule has 15 heavy (non-hydrogen) atoms. The Bertz CT molecular complexity index is 430. The van der Waals surface area contributed by atoms with Crippen LogP contribution < -0.4 is 4.72 Å². The number of aromatic nitrogens is 2. The van der Waals surface area contributed by atoms with Crippen molar-refractivity contribution < 1.29 is 13.5 Å². The van der Waals surface area contributed by atoms with E-state index in [0.29, 0.717) is 0 Å². The number of hydrogen-bond acceptors (Lipinski definition) is 4. The van der Waals surface area contributed by atoms with E-state index in [1.165, 1.54) is 6.20 Å². The van der Waals surface area contributed by atoms with Crippen LogP contribution in [0.5, 0.6) is 0 Å². The van der Waals surface area contributed by atoms with Gasteiger partial charge in [0, 0.05) is 11.1 Å². The summed E-state index contributed by atoms with van der Waals surface area (Å²) in [6, 6.07) is 0. The molecule has 7 heteroatoms. The first-order valence-corrected chi connectivity index (χ1v) is 5.92. The van der Waals surface area contributed by atoms with Gasteiger partial charge in [-0.05, 0) is 20.8 Å². The SMILES string of the molecule is CC(C)(C)NS(=O)(=O)c1[nH]ncc1CO. The molecule has 0 aliphatic heterocycles. The van der Waals surface area contributed by atoms with Gasteiger partial charge in [0.2, 0.25) is 0 Å². The molecule has 0 unspecified atom stereocenters. The number of aliphatic hydroxyl groups excluding tert-OH is 1. The van der Waals surface area contributed by atoms with Crippen LogP contribution in [0.15, 0.2) is 11.2 Å². The van der Waals surface area contributed by atoms with Gasteiger partial charge < -0.3 is 5.11 Å². The molecule has 0 amide bonds. The molecule has 0 bridgehead atoms. The lowest BCUT2D eigenvalue weighted by Crippen LogP contribution is -2.40. The van der Waals surface area contributed by atoms with Crippen LogP contribution >= 0.6 is 0 Å². The highest BCUT2D eigenvalue weighted by atomic mass is 32.2. The summed E-state index contributed by atoms with van der Waals surface area (Å²) < 4.78 is 26.1. The molecule has 0 aliphatic rings. The number of sulfonamides is 1. The predicted molar refractivity (Wildman–Crippen MR) is 54.6 cm³/mol. The van der Waals surface area contributed by atoms with Crippen LogP contribution in [-0.2, 0) is 16.6 Å². The van der Waals surface area contributed by atoms with Crippen molar-refractivity contribution in [2.75, 3.05) is 0 Å². The summed E-state index contributed by atoms with van der Waals surface area (Å²) in [5.41, 5.74) is -0.316. The van der Waals surface area contributed by atoms with E-state index in [4.69, 9.17) is 5.11 Å². The molecule has 0 saturated heterocycles. The van der Waals surface area contributed by atoms with Gasteiger partial charge in [0.05, 0.1) is 12.8 Å². The highest BCUT2D eigenvalue weighted by Gasteiger charge is 2.25. The minimum atomic E-state index is -3.65. The lowest BCUT2D eigenvalue weighted by Gasteiger charge is -2.19. The smallest absolute Gasteiger partial charge is 0.258 e. The van der Waals surface area contributed by atoms with Crippen LogP contribution in [0.1, 0.15) is 26.3 Å². The highest BCUT2D eigenvalue weighted by molar-refractivity contribution is 7.89. The second-order valence-corrected chi connectivity index (χ2v) is 5.86. The lowest BCUT2D eigenvalue weighted by molar-refractivity contribution is 0.278. The highest BCUT2D eigenvalue weighted by Crippen LogP contribution is 2.14. The van der Waals surface area contributed by atoms with Crippen molar-refractivity contribution in [3.8, 4) is 0 Å². The molecule has 86 valence electrons. The second-order valence-electron chi connectivity index (χ2n) is 4.24. The number of nitrogens with zero attached hydrogens (tertiary/aromatic N) is 1. The monoisotopic (exact) mass is 233 g/mol. The third kappa shape index (κ3) is 3.01. The van der Waals surface area contributed by atoms with Crippen molar-refractivity contribution in [2.45, 2.75) is 37.9 Å². The van der Waals surface area contributed by atoms with Gasteiger partial charge >= 0.3 is 0 Å². The fourth-order valence-corrected chi connectivity index (χ4v) is 2.64. The van der Waals surface area contributed by atoms with Crippen LogP contribution in [0.2, 0.25) is 0 Å². The molecule has 0 aromatic carbocycles. The second kappa shape index (κ2) is 3.92. The van der Waals surface area contributed by atoms with Gasteiger partial charge in [0.1, 0.15) is 0 Å². The summed E-state index contributed by atoms with van der Waals surface area (Å²) >= 11 is 0. The van der Waals surface area contributed by atoms with E-state index in [1.807, 2.05) is 0 Å². The molecule has 0 fully saturated rings. The van der Waals surface area contributed by atoms with Gasteiger partial charge in [0.25, 0.3) is 10.0 Å². The molecule has 0 saturated carbocycles. The third-order valence-corrected chi connectivity index (χ3v) is 3.33. The average Bonchev–Trinajstić information content (AvgIpc) is 2.46. The first-order valence-electron chi connectivity index (χ1n) is 4.43. The summed E-state index contributed by atoms with van der Waals surface area (Å²) in [7, 11) is -3.65. The fourth-order valence-electron chi connectivity index (χ4n) is 1.10. The van der Waals surface area contributed by atoms with Gasteiger partial charge in [-0.25, -0.2) is 13.1 Å². The number of rotatable bonds is 3. The fraction of sp³-hybridized carbons (Fsp3) is 0.625. The molecule has 0 spiro atoms. The van der Waals surface area contributed by atoms with Crippen LogP contribution in [0.4, 0.5) is 0 Å². The summed E-state index contributed by atoms with van der Waals surface area (Å²) in [6.07, 6.45) is 1.29. The molecule has 0 aliphatic carbocycles. The molecule has 1 aromatic heterocycles. The molecule has 3 N–H and O–H groups in total. The van der Waals surface area contributed by atoms with Crippen molar-refractivity contribution >= 4 is 10.0 Å². The third-order valence-electron chi connectivity index (χ3n) is 1.56. The molecule has 0 radical (unpaired) electrons. The average molecular weight is 233 g/mol. The maximum Gasteiger partial charge on any atom is 0.258 e. The number of aliphatic hydroxyl groups is 1. The van der Waals surface area contributed by atoms with Gasteiger partial charge in [-0.2, -0.15) is 5.10 Å². The summed E-state index contributed by atoms with van der Waals surface area (Å²) in [5, 5.41) is 14.8. The van der Waals surface area contributed by atoms with Crippen molar-refractivity contribution in [3.63, 3.8) is 0 Å². The molecule has 0 atom stereocenters. The summed E-state index contributed by atoms with van der Waals surface area (Å²) in [6.45, 7) is 4.84. The zero-order valence-corrected chi connectivity index (χ0v) is 9.72. The minimum Gasteiger partial charge on any atom is -0.392 e. The Kier molecular flexibility index (Phi) is 3.17. The van der Waals surface area contributed by atoms with Gasteiger partial charge in [-0.1, -0.05) is 0 Å². The van der Waals surface area contributed by atoms with Crippen LogP contribution in [0.25, 0.3) is 0 Å². The van der Waals surface area contributed by atoms with Gasteiger partial charge in [0.15, 0.2) is 5.03 Å². The van der Waals surface area contributed by atoms with Crippen molar-refractivity contribution in [1.82, 2.24) is 14.9 Å². The Hall–Kier alpha value is -0.920. The summed E-state index contributed by atoms with van der Waals surface area (Å²) in [4.78, 5) is 0. The number of H-pyrrole nitrogens is 1. The van der Waals surface area contributed by atoms with E-state index < -0.39 is 15.6 Å². The molecule has 1 aromatic rings. The van der Waals surface area contributed by atoms with E-state index in [-0.39, 0.29) is 17.2 Å². The molecular weight excluding hydrogens is 218 g/mol. The largest absolute Gasteiger partial charge is 0.392 e. The van der Waals surface area contributed by atoms with E-state index in [0.717, 1.165) is 0 Å². The Morgan fingerprint density at radius 2 is 2.13 bits per heavy atom. The number of nitrogens with one attached hydrogen (secondary N) is 2. The maximum atomic E-state index is 11.8. The molecule has 1 heterocycles. The Morgan fingerprint density at radius 3 is 2.60 bits per heavy atom. The first-order chi connectivity index (χ1) is 6.76. The van der Waals surface area contributed by atoms with E-state index in [9.17, 15) is 8.42 Å². The number of hydrogen-bond donors (Lipinski definition) is 3.